The maximum atomic E-state index is 12.2. The lowest BCUT2D eigenvalue weighted by molar-refractivity contribution is -0.384. The van der Waals surface area contributed by atoms with Gasteiger partial charge in [-0.25, -0.2) is 4.98 Å². The summed E-state index contributed by atoms with van der Waals surface area (Å²) in [7, 11) is 0. The van der Waals surface area contributed by atoms with Crippen LogP contribution in [0.2, 0.25) is 0 Å². The first kappa shape index (κ1) is 15.1. The van der Waals surface area contributed by atoms with Gasteiger partial charge in [0.15, 0.2) is 0 Å². The number of benzene rings is 1. The molecule has 0 saturated carbocycles. The number of thiazole rings is 1. The molecule has 1 atom stereocenters. The molecule has 0 radical (unpaired) electrons. The number of amides is 1. The highest BCUT2D eigenvalue weighted by atomic mass is 32.1. The molecule has 21 heavy (non-hydrogen) atoms. The van der Waals surface area contributed by atoms with Crippen molar-refractivity contribution in [3.8, 4) is 0 Å². The number of hydrogen-bond acceptors (Lipinski definition) is 5. The van der Waals surface area contributed by atoms with Crippen LogP contribution in [0.15, 0.2) is 29.6 Å². The van der Waals surface area contributed by atoms with Gasteiger partial charge >= 0.3 is 0 Å². The summed E-state index contributed by atoms with van der Waals surface area (Å²) in [6, 6.07) is 5.51. The van der Waals surface area contributed by atoms with Crippen molar-refractivity contribution in [2.24, 2.45) is 0 Å². The number of non-ortho nitro benzene ring substituents is 1. The quantitative estimate of drug-likeness (QED) is 0.678. The summed E-state index contributed by atoms with van der Waals surface area (Å²) in [6.07, 6.45) is 0.702. The van der Waals surface area contributed by atoms with Crippen molar-refractivity contribution in [3.05, 3.63) is 56.0 Å². The van der Waals surface area contributed by atoms with E-state index in [1.165, 1.54) is 29.5 Å². The van der Waals surface area contributed by atoms with E-state index in [1.54, 1.807) is 6.07 Å². The number of aryl methyl sites for hydroxylation is 1. The summed E-state index contributed by atoms with van der Waals surface area (Å²) in [4.78, 5) is 26.8. The molecule has 1 unspecified atom stereocenters. The predicted molar refractivity (Wildman–Crippen MR) is 80.4 cm³/mol. The highest BCUT2D eigenvalue weighted by molar-refractivity contribution is 7.09. The average molecular weight is 305 g/mol. The maximum Gasteiger partial charge on any atom is 0.270 e. The molecule has 110 valence electrons. The van der Waals surface area contributed by atoms with Crippen molar-refractivity contribution >= 4 is 22.9 Å². The minimum Gasteiger partial charge on any atom is -0.343 e. The number of nitro groups is 1. The highest BCUT2D eigenvalue weighted by Crippen LogP contribution is 2.22. The molecule has 2 rings (SSSR count). The zero-order valence-corrected chi connectivity index (χ0v) is 12.5. The fourth-order valence-electron chi connectivity index (χ4n) is 1.87. The van der Waals surface area contributed by atoms with Gasteiger partial charge in [0.05, 0.1) is 11.0 Å². The summed E-state index contributed by atoms with van der Waals surface area (Å²) in [6.45, 7) is 3.85. The van der Waals surface area contributed by atoms with Crippen LogP contribution < -0.4 is 5.32 Å². The van der Waals surface area contributed by atoms with Crippen LogP contribution in [0.5, 0.6) is 0 Å². The van der Waals surface area contributed by atoms with Gasteiger partial charge in [0.2, 0.25) is 0 Å². The Bertz CT molecular complexity index is 669. The van der Waals surface area contributed by atoms with Gasteiger partial charge in [-0.2, -0.15) is 0 Å². The second kappa shape index (κ2) is 6.45. The van der Waals surface area contributed by atoms with E-state index in [0.717, 1.165) is 10.7 Å². The lowest BCUT2D eigenvalue weighted by atomic mass is 10.1. The SMILES string of the molecule is CCC(NC(=O)c1cccc([N+](=O)[O-])c1)c1nc(C)cs1. The lowest BCUT2D eigenvalue weighted by Crippen LogP contribution is -2.28. The predicted octanol–water partition coefficient (Wildman–Crippen LogP) is 3.24. The molecule has 1 heterocycles. The van der Waals surface area contributed by atoms with E-state index in [-0.39, 0.29) is 23.2 Å². The Labute approximate surface area is 126 Å². The smallest absolute Gasteiger partial charge is 0.270 e. The Morgan fingerprint density at radius 3 is 2.86 bits per heavy atom. The molecular formula is C14H15N3O3S. The topological polar surface area (TPSA) is 85.1 Å². The molecule has 7 heteroatoms. The van der Waals surface area contributed by atoms with Gasteiger partial charge in [-0.05, 0) is 19.4 Å². The minimum absolute atomic E-state index is 0.0965. The first-order chi connectivity index (χ1) is 10.0. The summed E-state index contributed by atoms with van der Waals surface area (Å²) >= 11 is 1.49. The first-order valence-electron chi connectivity index (χ1n) is 6.48. The Hall–Kier alpha value is -2.28. The molecule has 1 N–H and O–H groups in total. The second-order valence-electron chi connectivity index (χ2n) is 4.57. The standard InChI is InChI=1S/C14H15N3O3S/c1-3-12(14-15-9(2)8-21-14)16-13(18)10-5-4-6-11(7-10)17(19)20/h4-8,12H,3H2,1-2H3,(H,16,18). The number of nitrogens with one attached hydrogen (secondary N) is 1. The second-order valence-corrected chi connectivity index (χ2v) is 5.46. The molecule has 1 aromatic carbocycles. The van der Waals surface area contributed by atoms with Crippen LogP contribution in [0, 0.1) is 17.0 Å². The number of carbonyl (C=O) groups excluding carboxylic acids is 1. The molecule has 0 aliphatic carbocycles. The van der Waals surface area contributed by atoms with Crippen LogP contribution >= 0.6 is 11.3 Å². The summed E-state index contributed by atoms with van der Waals surface area (Å²) in [5, 5.41) is 16.4. The Balaban J connectivity index is 2.16. The monoisotopic (exact) mass is 305 g/mol. The van der Waals surface area contributed by atoms with E-state index in [0.29, 0.717) is 6.42 Å². The Morgan fingerprint density at radius 2 is 2.29 bits per heavy atom. The normalized spacial score (nSPS) is 11.9. The highest BCUT2D eigenvalue weighted by Gasteiger charge is 2.18. The first-order valence-corrected chi connectivity index (χ1v) is 7.36. The van der Waals surface area contributed by atoms with Gasteiger partial charge in [0.1, 0.15) is 5.01 Å². The molecular weight excluding hydrogens is 290 g/mol. The summed E-state index contributed by atoms with van der Waals surface area (Å²) in [5.74, 6) is -0.335. The van der Waals surface area contributed by atoms with E-state index in [4.69, 9.17) is 0 Å². The fourth-order valence-corrected chi connectivity index (χ4v) is 2.80. The van der Waals surface area contributed by atoms with E-state index in [1.807, 2.05) is 19.2 Å². The van der Waals surface area contributed by atoms with Crippen LogP contribution in [0.3, 0.4) is 0 Å². The molecule has 0 aliphatic rings. The molecule has 0 spiro atoms. The molecule has 0 saturated heterocycles. The van der Waals surface area contributed by atoms with Crippen molar-refractivity contribution in [3.63, 3.8) is 0 Å². The van der Waals surface area contributed by atoms with E-state index < -0.39 is 4.92 Å². The zero-order chi connectivity index (χ0) is 15.4. The molecule has 2 aromatic rings. The number of rotatable bonds is 5. The van der Waals surface area contributed by atoms with Gasteiger partial charge in [-0.3, -0.25) is 14.9 Å². The van der Waals surface area contributed by atoms with Crippen molar-refractivity contribution in [2.75, 3.05) is 0 Å². The van der Waals surface area contributed by atoms with Gasteiger partial charge in [0.25, 0.3) is 11.6 Å². The third kappa shape index (κ3) is 3.63. The van der Waals surface area contributed by atoms with E-state index >= 15 is 0 Å². The number of carbonyl (C=O) groups is 1. The molecule has 0 aliphatic heterocycles. The molecule has 0 fully saturated rings. The Kier molecular flexibility index (Phi) is 4.64. The van der Waals surface area contributed by atoms with E-state index in [9.17, 15) is 14.9 Å². The fraction of sp³-hybridized carbons (Fsp3) is 0.286. The number of hydrogen-bond donors (Lipinski definition) is 1. The average Bonchev–Trinajstić information content (AvgIpc) is 2.91. The van der Waals surface area contributed by atoms with Crippen molar-refractivity contribution in [1.82, 2.24) is 10.3 Å². The lowest BCUT2D eigenvalue weighted by Gasteiger charge is -2.14. The van der Waals surface area contributed by atoms with E-state index in [2.05, 4.69) is 10.3 Å². The van der Waals surface area contributed by atoms with Crippen LogP contribution in [0.25, 0.3) is 0 Å². The summed E-state index contributed by atoms with van der Waals surface area (Å²) in [5.41, 5.74) is 1.09. The van der Waals surface area contributed by atoms with Crippen molar-refractivity contribution < 1.29 is 9.72 Å². The minimum atomic E-state index is -0.516. The van der Waals surface area contributed by atoms with Crippen LogP contribution in [-0.2, 0) is 0 Å². The van der Waals surface area contributed by atoms with Crippen molar-refractivity contribution in [2.45, 2.75) is 26.3 Å². The van der Waals surface area contributed by atoms with Gasteiger partial charge in [-0.1, -0.05) is 13.0 Å². The van der Waals surface area contributed by atoms with Crippen molar-refractivity contribution in [1.29, 1.82) is 0 Å². The van der Waals surface area contributed by atoms with Gasteiger partial charge in [0, 0.05) is 28.8 Å². The van der Waals surface area contributed by atoms with Crippen LogP contribution in [0.4, 0.5) is 5.69 Å². The third-order valence-corrected chi connectivity index (χ3v) is 4.04. The molecule has 1 amide bonds. The molecule has 1 aromatic heterocycles. The maximum absolute atomic E-state index is 12.2. The largest absolute Gasteiger partial charge is 0.343 e. The van der Waals surface area contributed by atoms with Gasteiger partial charge < -0.3 is 5.32 Å². The zero-order valence-electron chi connectivity index (χ0n) is 11.7. The van der Waals surface area contributed by atoms with Crippen LogP contribution in [0.1, 0.15) is 40.4 Å². The Morgan fingerprint density at radius 1 is 1.52 bits per heavy atom. The summed E-state index contributed by atoms with van der Waals surface area (Å²) < 4.78 is 0. The number of nitro benzene ring substituents is 1. The third-order valence-electron chi connectivity index (χ3n) is 2.97. The number of aromatic nitrogens is 1. The number of nitrogens with zero attached hydrogens (tertiary/aromatic N) is 2. The van der Waals surface area contributed by atoms with Gasteiger partial charge in [-0.15, -0.1) is 11.3 Å². The molecule has 0 bridgehead atoms. The molecule has 6 nitrogen and oxygen atoms in total. The van der Waals surface area contributed by atoms with Crippen LogP contribution in [-0.4, -0.2) is 15.8 Å².